The zero-order valence-electron chi connectivity index (χ0n) is 25.6. The number of unbranched alkanes of at least 4 members (excludes halogenated alkanes) is 1. The molecule has 3 atom stereocenters. The fourth-order valence-electron chi connectivity index (χ4n) is 5.95. The molecule has 2 saturated heterocycles. The number of para-hydroxylation sites is 1. The first-order valence-corrected chi connectivity index (χ1v) is 15.6. The molecular weight excluding hydrogens is 546 g/mol. The number of likely N-dealkylation sites (tertiary alicyclic amines) is 2. The summed E-state index contributed by atoms with van der Waals surface area (Å²) >= 11 is 0. The second-order valence-electron chi connectivity index (χ2n) is 11.8. The first kappa shape index (κ1) is 32.0. The van der Waals surface area contributed by atoms with Gasteiger partial charge in [-0.05, 0) is 62.1 Å². The van der Waals surface area contributed by atoms with E-state index in [0.717, 1.165) is 37.7 Å². The molecule has 2 aliphatic heterocycles. The molecule has 4 rings (SSSR count). The summed E-state index contributed by atoms with van der Waals surface area (Å²) < 4.78 is 10.8. The van der Waals surface area contributed by atoms with Gasteiger partial charge in [0.15, 0.2) is 6.61 Å². The van der Waals surface area contributed by atoms with Gasteiger partial charge in [-0.3, -0.25) is 14.4 Å². The average molecular weight is 592 g/mol. The smallest absolute Gasteiger partial charge is 0.344 e. The van der Waals surface area contributed by atoms with Gasteiger partial charge in [0.25, 0.3) is 5.91 Å². The van der Waals surface area contributed by atoms with Crippen LogP contribution in [0, 0.1) is 5.92 Å². The first-order valence-electron chi connectivity index (χ1n) is 15.6. The van der Waals surface area contributed by atoms with E-state index in [4.69, 9.17) is 9.47 Å². The molecule has 0 saturated carbocycles. The van der Waals surface area contributed by atoms with Gasteiger partial charge in [0, 0.05) is 13.1 Å². The third-order valence-corrected chi connectivity index (χ3v) is 8.09. The monoisotopic (exact) mass is 591 g/mol. The Labute approximate surface area is 254 Å². The highest BCUT2D eigenvalue weighted by Crippen LogP contribution is 2.34. The van der Waals surface area contributed by atoms with E-state index in [9.17, 15) is 19.2 Å². The predicted octanol–water partition coefficient (Wildman–Crippen LogP) is 4.91. The van der Waals surface area contributed by atoms with Crippen LogP contribution in [0.3, 0.4) is 0 Å². The van der Waals surface area contributed by atoms with Crippen LogP contribution >= 0.6 is 0 Å². The largest absolute Gasteiger partial charge is 0.481 e. The van der Waals surface area contributed by atoms with Crippen molar-refractivity contribution in [2.45, 2.75) is 83.8 Å². The highest BCUT2D eigenvalue weighted by molar-refractivity contribution is 6.00. The number of amides is 3. The second-order valence-corrected chi connectivity index (χ2v) is 11.8. The summed E-state index contributed by atoms with van der Waals surface area (Å²) in [6.45, 7) is 7.15. The molecule has 2 fully saturated rings. The van der Waals surface area contributed by atoms with Gasteiger partial charge in [-0.15, -0.1) is 0 Å². The number of benzene rings is 2. The number of carbonyl (C=O) groups excluding carboxylic acids is 4. The van der Waals surface area contributed by atoms with Crippen LogP contribution in [0.25, 0.3) is 0 Å². The number of ether oxygens (including phenoxy) is 2. The maximum absolute atomic E-state index is 14.0. The van der Waals surface area contributed by atoms with Crippen molar-refractivity contribution in [3.8, 4) is 5.75 Å². The Morgan fingerprint density at radius 2 is 1.63 bits per heavy atom. The lowest BCUT2D eigenvalue weighted by atomic mass is 10.0. The van der Waals surface area contributed by atoms with E-state index in [-0.39, 0.29) is 41.7 Å². The Kier molecular flexibility index (Phi) is 11.6. The molecule has 2 aromatic carbocycles. The summed E-state index contributed by atoms with van der Waals surface area (Å²) in [5, 5.41) is 2.92. The summed E-state index contributed by atoms with van der Waals surface area (Å²) in [7, 11) is 0. The molecule has 232 valence electrons. The highest BCUT2D eigenvalue weighted by atomic mass is 16.6. The van der Waals surface area contributed by atoms with Crippen LogP contribution in [0.1, 0.15) is 87.7 Å². The third kappa shape index (κ3) is 8.36. The summed E-state index contributed by atoms with van der Waals surface area (Å²) in [6.07, 6.45) is 5.27. The van der Waals surface area contributed by atoms with Crippen molar-refractivity contribution in [2.24, 2.45) is 5.92 Å². The number of esters is 1. The van der Waals surface area contributed by atoms with Crippen molar-refractivity contribution in [1.82, 2.24) is 15.1 Å². The molecular formula is C34H45N3O6. The van der Waals surface area contributed by atoms with E-state index in [2.05, 4.69) is 17.4 Å². The van der Waals surface area contributed by atoms with Gasteiger partial charge in [0.05, 0.1) is 18.2 Å². The molecule has 0 aliphatic carbocycles. The number of nitrogens with zero attached hydrogens (tertiary/aromatic N) is 2. The van der Waals surface area contributed by atoms with Gasteiger partial charge in [-0.1, -0.05) is 69.7 Å². The minimum atomic E-state index is -0.809. The van der Waals surface area contributed by atoms with Crippen LogP contribution in [0.2, 0.25) is 0 Å². The number of nitrogens with one attached hydrogen (secondary N) is 1. The van der Waals surface area contributed by atoms with Crippen LogP contribution in [0.5, 0.6) is 5.75 Å². The first-order chi connectivity index (χ1) is 20.8. The quantitative estimate of drug-likeness (QED) is 0.262. The van der Waals surface area contributed by atoms with Gasteiger partial charge in [0.1, 0.15) is 17.8 Å². The standard InChI is InChI=1S/C34H45N3O6/c1-4-5-21-42-31(38)23-43-30-18-10-9-15-26(30)32(39)35-27(22-24(2)3)33(40)37-20-12-17-29(37)34(41)36-19-11-16-28(36)25-13-7-6-8-14-25/h6-10,13-15,18,24,27-29H,4-5,11-12,16-17,19-23H2,1-3H3,(H,35,39)/t27-,28+,29-/m1/s1. The molecule has 2 aromatic rings. The zero-order chi connectivity index (χ0) is 30.8. The van der Waals surface area contributed by atoms with Crippen LogP contribution in [0.4, 0.5) is 0 Å². The Balaban J connectivity index is 1.45. The summed E-state index contributed by atoms with van der Waals surface area (Å²) in [4.78, 5) is 57.1. The average Bonchev–Trinajstić information content (AvgIpc) is 3.70. The van der Waals surface area contributed by atoms with Gasteiger partial charge >= 0.3 is 5.97 Å². The molecule has 1 N–H and O–H groups in total. The molecule has 0 aromatic heterocycles. The molecule has 0 unspecified atom stereocenters. The number of rotatable bonds is 13. The fraction of sp³-hybridized carbons (Fsp3) is 0.529. The minimum Gasteiger partial charge on any atom is -0.481 e. The molecule has 2 heterocycles. The van der Waals surface area contributed by atoms with Crippen molar-refractivity contribution < 1.29 is 28.7 Å². The Morgan fingerprint density at radius 1 is 0.930 bits per heavy atom. The number of hydrogen-bond acceptors (Lipinski definition) is 6. The molecule has 3 amide bonds. The molecule has 9 nitrogen and oxygen atoms in total. The van der Waals surface area contributed by atoms with Crippen LogP contribution in [-0.2, 0) is 19.1 Å². The number of hydrogen-bond donors (Lipinski definition) is 1. The number of carbonyl (C=O) groups is 4. The van der Waals surface area contributed by atoms with E-state index in [1.165, 1.54) is 0 Å². The third-order valence-electron chi connectivity index (χ3n) is 8.09. The lowest BCUT2D eigenvalue weighted by molar-refractivity contribution is -0.146. The SMILES string of the molecule is CCCCOC(=O)COc1ccccc1C(=O)N[C@H](CC(C)C)C(=O)N1CCC[C@@H]1C(=O)N1CCC[C@H]1c1ccccc1. The normalized spacial score (nSPS) is 18.9. The Hall–Kier alpha value is -3.88. The van der Waals surface area contributed by atoms with Gasteiger partial charge in [-0.2, -0.15) is 0 Å². The molecule has 0 radical (unpaired) electrons. The van der Waals surface area contributed by atoms with Crippen molar-refractivity contribution in [3.63, 3.8) is 0 Å². The molecule has 0 bridgehead atoms. The van der Waals surface area contributed by atoms with Crippen molar-refractivity contribution in [2.75, 3.05) is 26.3 Å². The van der Waals surface area contributed by atoms with Crippen LogP contribution < -0.4 is 10.1 Å². The zero-order valence-corrected chi connectivity index (χ0v) is 25.6. The van der Waals surface area contributed by atoms with Gasteiger partial charge in [0.2, 0.25) is 11.8 Å². The van der Waals surface area contributed by atoms with Crippen molar-refractivity contribution in [1.29, 1.82) is 0 Å². The van der Waals surface area contributed by atoms with E-state index in [1.807, 2.05) is 43.9 Å². The lowest BCUT2D eigenvalue weighted by Crippen LogP contribution is -2.54. The lowest BCUT2D eigenvalue weighted by Gasteiger charge is -2.34. The van der Waals surface area contributed by atoms with Gasteiger partial charge in [-0.25, -0.2) is 4.79 Å². The molecule has 9 heteroatoms. The van der Waals surface area contributed by atoms with E-state index >= 15 is 0 Å². The van der Waals surface area contributed by atoms with Crippen LogP contribution in [-0.4, -0.2) is 71.9 Å². The van der Waals surface area contributed by atoms with E-state index < -0.39 is 24.0 Å². The molecule has 2 aliphatic rings. The predicted molar refractivity (Wildman–Crippen MR) is 163 cm³/mol. The van der Waals surface area contributed by atoms with Crippen molar-refractivity contribution >= 4 is 23.7 Å². The van der Waals surface area contributed by atoms with Crippen molar-refractivity contribution in [3.05, 3.63) is 65.7 Å². The maximum Gasteiger partial charge on any atom is 0.344 e. The molecule has 43 heavy (non-hydrogen) atoms. The Bertz CT molecular complexity index is 1250. The molecule has 0 spiro atoms. The second kappa shape index (κ2) is 15.5. The minimum absolute atomic E-state index is 0.0119. The van der Waals surface area contributed by atoms with E-state index in [1.54, 1.807) is 29.2 Å². The summed E-state index contributed by atoms with van der Waals surface area (Å²) in [6, 6.07) is 15.3. The van der Waals surface area contributed by atoms with Gasteiger partial charge < -0.3 is 24.6 Å². The Morgan fingerprint density at radius 3 is 2.37 bits per heavy atom. The summed E-state index contributed by atoms with van der Waals surface area (Å²) in [5.41, 5.74) is 1.34. The highest BCUT2D eigenvalue weighted by Gasteiger charge is 2.42. The summed E-state index contributed by atoms with van der Waals surface area (Å²) in [5.74, 6) is -0.883. The topological polar surface area (TPSA) is 105 Å². The van der Waals surface area contributed by atoms with Crippen LogP contribution in [0.15, 0.2) is 54.6 Å². The maximum atomic E-state index is 14.0. The fourth-order valence-corrected chi connectivity index (χ4v) is 5.95. The van der Waals surface area contributed by atoms with E-state index in [0.29, 0.717) is 32.5 Å².